The minimum Gasteiger partial charge on any atom is -0.411 e. The fourth-order valence-corrected chi connectivity index (χ4v) is 4.50. The van der Waals surface area contributed by atoms with Gasteiger partial charge in [0.2, 0.25) is 5.95 Å². The number of benzene rings is 1. The summed E-state index contributed by atoms with van der Waals surface area (Å²) in [6.45, 7) is 0.595. The quantitative estimate of drug-likeness (QED) is 0.578. The molecule has 1 aliphatic heterocycles. The van der Waals surface area contributed by atoms with E-state index in [0.717, 1.165) is 16.9 Å². The van der Waals surface area contributed by atoms with Crippen LogP contribution in [0.3, 0.4) is 0 Å². The van der Waals surface area contributed by atoms with Gasteiger partial charge in [-0.25, -0.2) is 4.98 Å². The number of thiophene rings is 1. The molecule has 3 aromatic rings. The normalized spacial score (nSPS) is 13.5. The molecular formula is C21H18ClF3N4O3S. The van der Waals surface area contributed by atoms with Crippen molar-refractivity contribution in [1.29, 1.82) is 0 Å². The third-order valence-corrected chi connectivity index (χ3v) is 6.40. The van der Waals surface area contributed by atoms with E-state index in [1.54, 1.807) is 17.0 Å². The van der Waals surface area contributed by atoms with E-state index >= 15 is 0 Å². The molecule has 0 unspecified atom stereocenters. The molecule has 1 N–H and O–H groups in total. The Bertz CT molecular complexity index is 1240. The van der Waals surface area contributed by atoms with E-state index in [-0.39, 0.29) is 24.9 Å². The van der Waals surface area contributed by atoms with Crippen molar-refractivity contribution in [2.45, 2.75) is 25.7 Å². The van der Waals surface area contributed by atoms with Crippen LogP contribution in [0.4, 0.5) is 19.1 Å². The zero-order valence-electron chi connectivity index (χ0n) is 17.3. The second-order valence-electron chi connectivity index (χ2n) is 7.27. The van der Waals surface area contributed by atoms with Crippen LogP contribution in [0, 0.1) is 0 Å². The van der Waals surface area contributed by atoms with Gasteiger partial charge >= 0.3 is 6.18 Å². The molecule has 2 aromatic heterocycles. The highest BCUT2D eigenvalue weighted by atomic mass is 35.5. The summed E-state index contributed by atoms with van der Waals surface area (Å²) in [7, 11) is 1.30. The Morgan fingerprint density at radius 3 is 2.58 bits per heavy atom. The Balaban J connectivity index is 1.53. The van der Waals surface area contributed by atoms with Crippen LogP contribution in [0.1, 0.15) is 32.1 Å². The van der Waals surface area contributed by atoms with Crippen LogP contribution in [-0.4, -0.2) is 34.2 Å². The van der Waals surface area contributed by atoms with Crippen molar-refractivity contribution >= 4 is 34.8 Å². The molecule has 33 heavy (non-hydrogen) atoms. The highest BCUT2D eigenvalue weighted by Crippen LogP contribution is 2.29. The number of anilines is 1. The molecular weight excluding hydrogens is 481 g/mol. The Morgan fingerprint density at radius 1 is 1.24 bits per heavy atom. The van der Waals surface area contributed by atoms with Gasteiger partial charge < -0.3 is 15.1 Å². The third kappa shape index (κ3) is 4.83. The molecule has 0 spiro atoms. The second-order valence-corrected chi connectivity index (χ2v) is 8.99. The smallest absolute Gasteiger partial charge is 0.411 e. The number of fused-ring (bicyclic) bond motifs is 1. The fraction of sp³-hybridized carbons (Fsp3) is 0.286. The summed E-state index contributed by atoms with van der Waals surface area (Å²) in [5, 5.41) is 2.94. The minimum atomic E-state index is -4.41. The highest BCUT2D eigenvalue weighted by molar-refractivity contribution is 7.17. The van der Waals surface area contributed by atoms with Gasteiger partial charge in [0, 0.05) is 19.5 Å². The molecule has 4 rings (SSSR count). The van der Waals surface area contributed by atoms with E-state index in [1.807, 2.05) is 0 Å². The van der Waals surface area contributed by atoms with E-state index in [9.17, 15) is 22.8 Å². The lowest BCUT2D eigenvalue weighted by atomic mass is 10.1. The van der Waals surface area contributed by atoms with Crippen LogP contribution in [0.2, 0.25) is 4.34 Å². The third-order valence-electron chi connectivity index (χ3n) is 5.18. The second kappa shape index (κ2) is 9.06. The number of amides is 1. The van der Waals surface area contributed by atoms with Gasteiger partial charge in [-0.15, -0.1) is 16.1 Å². The lowest BCUT2D eigenvalue weighted by Crippen LogP contribution is -2.42. The van der Waals surface area contributed by atoms with Gasteiger partial charge in [0.1, 0.15) is 7.11 Å². The number of nitrogens with one attached hydrogen (secondary N) is 1. The first-order valence-corrected chi connectivity index (χ1v) is 11.0. The first-order valence-electron chi connectivity index (χ1n) is 9.81. The maximum absolute atomic E-state index is 13.0. The fourth-order valence-electron chi connectivity index (χ4n) is 3.49. The SMILES string of the molecule is COn1c(NCc2ccc(C(F)(F)F)cc2)nc2c(c1=O)CN(C(=O)c1ccc(Cl)s1)CC2. The minimum absolute atomic E-state index is 0.0814. The van der Waals surface area contributed by atoms with Crippen molar-refractivity contribution in [1.82, 2.24) is 14.6 Å². The van der Waals surface area contributed by atoms with Crippen molar-refractivity contribution in [2.75, 3.05) is 19.0 Å². The zero-order chi connectivity index (χ0) is 23.8. The van der Waals surface area contributed by atoms with Crippen molar-refractivity contribution in [2.24, 2.45) is 0 Å². The van der Waals surface area contributed by atoms with E-state index < -0.39 is 17.3 Å². The number of alkyl halides is 3. The summed E-state index contributed by atoms with van der Waals surface area (Å²) in [4.78, 5) is 37.5. The largest absolute Gasteiger partial charge is 0.416 e. The van der Waals surface area contributed by atoms with Crippen LogP contribution < -0.4 is 15.7 Å². The molecule has 0 bridgehead atoms. The first-order chi connectivity index (χ1) is 15.7. The lowest BCUT2D eigenvalue weighted by Gasteiger charge is -2.28. The Morgan fingerprint density at radius 2 is 1.97 bits per heavy atom. The lowest BCUT2D eigenvalue weighted by molar-refractivity contribution is -0.137. The van der Waals surface area contributed by atoms with Gasteiger partial charge in [0.05, 0.1) is 32.6 Å². The summed E-state index contributed by atoms with van der Waals surface area (Å²) in [5.74, 6) is -0.0867. The predicted octanol–water partition coefficient (Wildman–Crippen LogP) is 3.85. The number of aromatic nitrogens is 2. The van der Waals surface area contributed by atoms with Crippen LogP contribution in [0.15, 0.2) is 41.2 Å². The van der Waals surface area contributed by atoms with Gasteiger partial charge in [-0.3, -0.25) is 9.59 Å². The zero-order valence-corrected chi connectivity index (χ0v) is 18.9. The first kappa shape index (κ1) is 23.1. The van der Waals surface area contributed by atoms with Crippen LogP contribution in [0.25, 0.3) is 0 Å². The van der Waals surface area contributed by atoms with E-state index in [1.165, 1.54) is 30.6 Å². The molecule has 174 valence electrons. The molecule has 1 amide bonds. The molecule has 12 heteroatoms. The van der Waals surface area contributed by atoms with Crippen LogP contribution in [0.5, 0.6) is 0 Å². The van der Waals surface area contributed by atoms with Crippen molar-refractivity contribution in [3.05, 3.63) is 78.3 Å². The Kier molecular flexibility index (Phi) is 6.35. The van der Waals surface area contributed by atoms with Crippen molar-refractivity contribution in [3.8, 4) is 0 Å². The molecule has 0 radical (unpaired) electrons. The highest BCUT2D eigenvalue weighted by Gasteiger charge is 2.30. The standard InChI is InChI=1S/C21H18ClF3N4O3S/c1-32-29-18(30)14-11-28(19(31)16-6-7-17(22)33-16)9-8-15(14)27-20(29)26-10-12-2-4-13(5-3-12)21(23,24)25/h2-7H,8-11H2,1H3,(H,26,27). The van der Waals surface area contributed by atoms with E-state index in [0.29, 0.717) is 39.0 Å². The van der Waals surface area contributed by atoms with E-state index in [2.05, 4.69) is 10.3 Å². The predicted molar refractivity (Wildman–Crippen MR) is 118 cm³/mol. The number of halogens is 4. The van der Waals surface area contributed by atoms with Crippen molar-refractivity contribution < 1.29 is 22.8 Å². The maximum atomic E-state index is 13.0. The molecule has 3 heterocycles. The number of rotatable bonds is 5. The van der Waals surface area contributed by atoms with Crippen molar-refractivity contribution in [3.63, 3.8) is 0 Å². The summed E-state index contributed by atoms with van der Waals surface area (Å²) in [5.41, 5.74) is 0.259. The number of hydrogen-bond donors (Lipinski definition) is 1. The van der Waals surface area contributed by atoms with Gasteiger partial charge in [0.15, 0.2) is 0 Å². The average molecular weight is 499 g/mol. The molecule has 0 atom stereocenters. The van der Waals surface area contributed by atoms with Crippen LogP contribution in [-0.2, 0) is 25.7 Å². The molecule has 1 aliphatic rings. The summed E-state index contributed by atoms with van der Waals surface area (Å²) in [6.07, 6.45) is -4.04. The van der Waals surface area contributed by atoms with Gasteiger partial charge in [-0.2, -0.15) is 13.2 Å². The van der Waals surface area contributed by atoms with Crippen LogP contribution >= 0.6 is 22.9 Å². The molecule has 7 nitrogen and oxygen atoms in total. The molecule has 0 aliphatic carbocycles. The molecule has 0 fully saturated rings. The number of carbonyl (C=O) groups excluding carboxylic acids is 1. The molecule has 0 saturated carbocycles. The number of carbonyl (C=O) groups is 1. The topological polar surface area (TPSA) is 76.5 Å². The molecule has 0 saturated heterocycles. The summed E-state index contributed by atoms with van der Waals surface area (Å²) < 4.78 is 39.7. The average Bonchev–Trinajstić information content (AvgIpc) is 3.23. The maximum Gasteiger partial charge on any atom is 0.416 e. The number of hydrogen-bond acceptors (Lipinski definition) is 6. The van der Waals surface area contributed by atoms with Gasteiger partial charge in [-0.1, -0.05) is 23.7 Å². The van der Waals surface area contributed by atoms with E-state index in [4.69, 9.17) is 16.4 Å². The Hall–Kier alpha value is -3.05. The van der Waals surface area contributed by atoms with Gasteiger partial charge in [-0.05, 0) is 29.8 Å². The molecule has 1 aromatic carbocycles. The number of nitrogens with zero attached hydrogens (tertiary/aromatic N) is 3. The Labute approximate surface area is 195 Å². The van der Waals surface area contributed by atoms with Gasteiger partial charge in [0.25, 0.3) is 11.5 Å². The monoisotopic (exact) mass is 498 g/mol. The summed E-state index contributed by atoms with van der Waals surface area (Å²) >= 11 is 7.09. The summed E-state index contributed by atoms with van der Waals surface area (Å²) in [6, 6.07) is 7.98.